The van der Waals surface area contributed by atoms with Crippen molar-refractivity contribution >= 4 is 35.5 Å². The highest BCUT2D eigenvalue weighted by Crippen LogP contribution is 2.44. The average Bonchev–Trinajstić information content (AvgIpc) is 3.30. The molecule has 1 atom stereocenters. The molecule has 0 aliphatic carbocycles. The van der Waals surface area contributed by atoms with Crippen molar-refractivity contribution in [3.8, 4) is 0 Å². The van der Waals surface area contributed by atoms with Gasteiger partial charge in [-0.2, -0.15) is 0 Å². The van der Waals surface area contributed by atoms with E-state index in [1.54, 1.807) is 12.1 Å². The van der Waals surface area contributed by atoms with Crippen molar-refractivity contribution in [3.63, 3.8) is 0 Å². The quantitative estimate of drug-likeness (QED) is 0.430. The minimum Gasteiger partial charge on any atom is -0.446 e. The van der Waals surface area contributed by atoms with E-state index in [0.29, 0.717) is 30.8 Å². The lowest BCUT2D eigenvalue weighted by Crippen LogP contribution is -2.48. The van der Waals surface area contributed by atoms with Gasteiger partial charge in [-0.15, -0.1) is 0 Å². The molecule has 0 bridgehead atoms. The summed E-state index contributed by atoms with van der Waals surface area (Å²) in [6.07, 6.45) is 2.56. The molecule has 3 heterocycles. The van der Waals surface area contributed by atoms with E-state index in [-0.39, 0.29) is 12.2 Å². The summed E-state index contributed by atoms with van der Waals surface area (Å²) >= 11 is 6.21. The number of piperidine rings is 1. The molecule has 0 radical (unpaired) electrons. The number of nitrogens with one attached hydrogen (secondary N) is 2. The Morgan fingerprint density at radius 2 is 1.87 bits per heavy atom. The molecule has 12 heteroatoms. The molecular weight excluding hydrogens is 534 g/mol. The summed E-state index contributed by atoms with van der Waals surface area (Å²) < 4.78 is 37.7. The number of carbonyl (C=O) groups excluding carboxylic acids is 3. The highest BCUT2D eigenvalue weighted by molar-refractivity contribution is 6.30. The predicted molar refractivity (Wildman–Crippen MR) is 138 cm³/mol. The number of unbranched alkanes of at least 4 members (excludes halogenated alkanes) is 2. The first-order valence-electron chi connectivity index (χ1n) is 13.0. The standard InChI is InChI=1S/C27H29ClF2N4O5/c28-18-5-7-22-19(15-18)27(39-25(36)32-22)8-12-33(13-9-27)11-3-1-2-10-31-24(35)34-23(16-38-26(34)37)17-4-6-20(29)21(30)14-17/h4-7,14-15,23H,1-3,8-13,16H2,(H,31,35)(H,32,36). The van der Waals surface area contributed by atoms with E-state index >= 15 is 0 Å². The fraction of sp³-hybridized carbons (Fsp3) is 0.444. The first-order chi connectivity index (χ1) is 18.8. The van der Waals surface area contributed by atoms with Crippen LogP contribution in [0.4, 0.5) is 28.9 Å². The van der Waals surface area contributed by atoms with E-state index in [2.05, 4.69) is 15.5 Å². The predicted octanol–water partition coefficient (Wildman–Crippen LogP) is 5.54. The molecule has 1 spiro atoms. The lowest BCUT2D eigenvalue weighted by atomic mass is 9.82. The average molecular weight is 563 g/mol. The third kappa shape index (κ3) is 5.79. The molecule has 2 saturated heterocycles. The number of likely N-dealkylation sites (tertiary alicyclic amines) is 1. The topological polar surface area (TPSA) is 100 Å². The fourth-order valence-electron chi connectivity index (χ4n) is 5.41. The number of benzene rings is 2. The third-order valence-corrected chi connectivity index (χ3v) is 7.74. The summed E-state index contributed by atoms with van der Waals surface area (Å²) in [5, 5.41) is 6.06. The van der Waals surface area contributed by atoms with Crippen LogP contribution >= 0.6 is 11.6 Å². The van der Waals surface area contributed by atoms with Gasteiger partial charge in [0.05, 0.1) is 5.69 Å². The molecule has 208 valence electrons. The van der Waals surface area contributed by atoms with Crippen LogP contribution < -0.4 is 10.6 Å². The van der Waals surface area contributed by atoms with Gasteiger partial charge in [0.25, 0.3) is 0 Å². The summed E-state index contributed by atoms with van der Waals surface area (Å²) in [5.41, 5.74) is 1.27. The van der Waals surface area contributed by atoms with E-state index in [1.165, 1.54) is 6.07 Å². The van der Waals surface area contributed by atoms with Crippen LogP contribution in [-0.2, 0) is 15.1 Å². The summed E-state index contributed by atoms with van der Waals surface area (Å²) in [4.78, 5) is 40.1. The van der Waals surface area contributed by atoms with Crippen LogP contribution in [-0.4, -0.2) is 60.8 Å². The Kier molecular flexibility index (Phi) is 7.90. The Morgan fingerprint density at radius 3 is 2.64 bits per heavy atom. The number of anilines is 1. The van der Waals surface area contributed by atoms with Crippen LogP contribution in [0.25, 0.3) is 0 Å². The van der Waals surface area contributed by atoms with Gasteiger partial charge in [0.1, 0.15) is 18.2 Å². The molecule has 1 unspecified atom stereocenters. The Bertz CT molecular complexity index is 1270. The first kappa shape index (κ1) is 27.1. The van der Waals surface area contributed by atoms with Gasteiger partial charge in [0.15, 0.2) is 11.6 Å². The Morgan fingerprint density at radius 1 is 1.08 bits per heavy atom. The maximum absolute atomic E-state index is 13.6. The van der Waals surface area contributed by atoms with Crippen LogP contribution in [0.3, 0.4) is 0 Å². The van der Waals surface area contributed by atoms with Crippen LogP contribution in [0.1, 0.15) is 49.3 Å². The Labute approximate surface area is 229 Å². The van der Waals surface area contributed by atoms with Gasteiger partial charge in [-0.1, -0.05) is 24.1 Å². The van der Waals surface area contributed by atoms with E-state index in [9.17, 15) is 23.2 Å². The number of ether oxygens (including phenoxy) is 2. The van der Waals surface area contributed by atoms with Crippen LogP contribution in [0.5, 0.6) is 0 Å². The molecule has 0 aromatic heterocycles. The lowest BCUT2D eigenvalue weighted by molar-refractivity contribution is -0.0379. The summed E-state index contributed by atoms with van der Waals surface area (Å²) in [5.74, 6) is -2.06. The molecule has 4 amide bonds. The maximum atomic E-state index is 13.6. The Balaban J connectivity index is 1.04. The Hall–Kier alpha value is -3.44. The summed E-state index contributed by atoms with van der Waals surface area (Å²) in [7, 11) is 0. The molecule has 2 aromatic carbocycles. The van der Waals surface area contributed by atoms with Crippen molar-refractivity contribution < 1.29 is 32.6 Å². The minimum atomic E-state index is -1.05. The minimum absolute atomic E-state index is 0.122. The van der Waals surface area contributed by atoms with Gasteiger partial charge in [-0.05, 0) is 55.3 Å². The van der Waals surface area contributed by atoms with Crippen LogP contribution in [0.2, 0.25) is 5.02 Å². The van der Waals surface area contributed by atoms with Gasteiger partial charge < -0.3 is 19.7 Å². The van der Waals surface area contributed by atoms with Crippen molar-refractivity contribution in [3.05, 3.63) is 64.2 Å². The van der Waals surface area contributed by atoms with Crippen LogP contribution in [0, 0.1) is 11.6 Å². The van der Waals surface area contributed by atoms with Gasteiger partial charge in [-0.25, -0.2) is 28.1 Å². The molecule has 2 aromatic rings. The number of hydrogen-bond donors (Lipinski definition) is 2. The van der Waals surface area contributed by atoms with Crippen molar-refractivity contribution in [1.82, 2.24) is 15.1 Å². The number of hydrogen-bond acceptors (Lipinski definition) is 6. The number of imide groups is 1. The van der Waals surface area contributed by atoms with Gasteiger partial charge in [-0.3, -0.25) is 5.32 Å². The molecule has 3 aliphatic rings. The highest BCUT2D eigenvalue weighted by atomic mass is 35.5. The van der Waals surface area contributed by atoms with Gasteiger partial charge in [0, 0.05) is 43.1 Å². The zero-order valence-corrected chi connectivity index (χ0v) is 21.9. The van der Waals surface area contributed by atoms with Crippen molar-refractivity contribution in [2.24, 2.45) is 0 Å². The highest BCUT2D eigenvalue weighted by Gasteiger charge is 2.44. The zero-order valence-electron chi connectivity index (χ0n) is 21.2. The molecular formula is C27H29ClF2N4O5. The monoisotopic (exact) mass is 562 g/mol. The number of nitrogens with zero attached hydrogens (tertiary/aromatic N) is 2. The smallest absolute Gasteiger partial charge is 0.418 e. The molecule has 2 fully saturated rings. The molecule has 3 aliphatic heterocycles. The molecule has 9 nitrogen and oxygen atoms in total. The summed E-state index contributed by atoms with van der Waals surface area (Å²) in [6.45, 7) is 2.66. The van der Waals surface area contributed by atoms with Crippen LogP contribution in [0.15, 0.2) is 36.4 Å². The maximum Gasteiger partial charge on any atom is 0.418 e. The summed E-state index contributed by atoms with van der Waals surface area (Å²) in [6, 6.07) is 7.22. The van der Waals surface area contributed by atoms with E-state index < -0.39 is 41.5 Å². The van der Waals surface area contributed by atoms with E-state index in [0.717, 1.165) is 60.8 Å². The first-order valence-corrected chi connectivity index (χ1v) is 13.3. The van der Waals surface area contributed by atoms with Gasteiger partial charge >= 0.3 is 18.2 Å². The number of halogens is 3. The third-order valence-electron chi connectivity index (χ3n) is 7.51. The molecule has 2 N–H and O–H groups in total. The number of rotatable bonds is 7. The number of fused-ring (bicyclic) bond motifs is 2. The molecule has 5 rings (SSSR count). The molecule has 0 saturated carbocycles. The zero-order chi connectivity index (χ0) is 27.6. The second-order valence-electron chi connectivity index (χ2n) is 9.97. The molecule has 39 heavy (non-hydrogen) atoms. The second kappa shape index (κ2) is 11.4. The largest absolute Gasteiger partial charge is 0.446 e. The van der Waals surface area contributed by atoms with Crippen molar-refractivity contribution in [1.29, 1.82) is 0 Å². The normalized spacial score (nSPS) is 20.3. The van der Waals surface area contributed by atoms with Gasteiger partial charge in [0.2, 0.25) is 0 Å². The van der Waals surface area contributed by atoms with E-state index in [4.69, 9.17) is 21.1 Å². The number of cyclic esters (lactones) is 1. The number of urea groups is 1. The number of carbonyl (C=O) groups is 3. The SMILES string of the molecule is O=C1Nc2ccc(Cl)cc2C2(CCN(CCCCCNC(=O)N3C(=O)OCC3c3ccc(F)c(F)c3)CC2)O1. The lowest BCUT2D eigenvalue weighted by Gasteiger charge is -2.44. The van der Waals surface area contributed by atoms with Crippen molar-refractivity contribution in [2.45, 2.75) is 43.7 Å². The second-order valence-corrected chi connectivity index (χ2v) is 10.4. The van der Waals surface area contributed by atoms with Crippen molar-refractivity contribution in [2.75, 3.05) is 38.1 Å². The fourth-order valence-corrected chi connectivity index (χ4v) is 5.58. The number of amides is 4. The van der Waals surface area contributed by atoms with E-state index in [1.807, 2.05) is 6.07 Å².